The van der Waals surface area contributed by atoms with Crippen molar-refractivity contribution in [1.29, 1.82) is 0 Å². The van der Waals surface area contributed by atoms with Gasteiger partial charge < -0.3 is 9.47 Å². The minimum Gasteiger partial charge on any atom is -0.481 e. The molecule has 0 aromatic carbocycles. The van der Waals surface area contributed by atoms with E-state index in [0.29, 0.717) is 22.6 Å². The Morgan fingerprint density at radius 3 is 2.33 bits per heavy atom. The first kappa shape index (κ1) is 12.9. The summed E-state index contributed by atoms with van der Waals surface area (Å²) in [6, 6.07) is 1.65. The van der Waals surface area contributed by atoms with Crippen LogP contribution in [0.1, 0.15) is 18.7 Å². The molecule has 1 aliphatic carbocycles. The van der Waals surface area contributed by atoms with Crippen LogP contribution in [0.5, 0.6) is 11.8 Å². The SMILES string of the molecule is COc1cc(OC)nc(C2C=C(Cl)C=CC2C)n1. The maximum absolute atomic E-state index is 6.03. The number of allylic oxidation sites excluding steroid dienone is 4. The van der Waals surface area contributed by atoms with E-state index in [0.717, 1.165) is 0 Å². The molecule has 0 N–H and O–H groups in total. The zero-order valence-electron chi connectivity index (χ0n) is 10.6. The van der Waals surface area contributed by atoms with Crippen LogP contribution in [0.4, 0.5) is 0 Å². The highest BCUT2D eigenvalue weighted by Gasteiger charge is 2.22. The summed E-state index contributed by atoms with van der Waals surface area (Å²) in [7, 11) is 3.14. The van der Waals surface area contributed by atoms with Crippen molar-refractivity contribution in [3.05, 3.63) is 35.2 Å². The summed E-state index contributed by atoms with van der Waals surface area (Å²) in [6.07, 6.45) is 5.88. The monoisotopic (exact) mass is 266 g/mol. The Balaban J connectivity index is 2.40. The molecule has 0 bridgehead atoms. The van der Waals surface area contributed by atoms with E-state index in [1.54, 1.807) is 20.3 Å². The van der Waals surface area contributed by atoms with Gasteiger partial charge in [-0.15, -0.1) is 0 Å². The summed E-state index contributed by atoms with van der Waals surface area (Å²) in [4.78, 5) is 8.72. The molecule has 2 atom stereocenters. The minimum atomic E-state index is 0.0338. The number of hydrogen-bond donors (Lipinski definition) is 0. The summed E-state index contributed by atoms with van der Waals surface area (Å²) in [5.74, 6) is 1.95. The fraction of sp³-hybridized carbons (Fsp3) is 0.385. The lowest BCUT2D eigenvalue weighted by atomic mass is 9.89. The summed E-state index contributed by atoms with van der Waals surface area (Å²) < 4.78 is 10.3. The lowest BCUT2D eigenvalue weighted by molar-refractivity contribution is 0.365. The fourth-order valence-electron chi connectivity index (χ4n) is 1.83. The second-order valence-corrected chi connectivity index (χ2v) is 4.54. The van der Waals surface area contributed by atoms with E-state index in [-0.39, 0.29) is 11.8 Å². The van der Waals surface area contributed by atoms with E-state index < -0.39 is 0 Å². The van der Waals surface area contributed by atoms with Gasteiger partial charge in [0.1, 0.15) is 5.82 Å². The number of rotatable bonds is 3. The van der Waals surface area contributed by atoms with Gasteiger partial charge in [-0.05, 0) is 12.0 Å². The van der Waals surface area contributed by atoms with E-state index in [1.165, 1.54) is 0 Å². The largest absolute Gasteiger partial charge is 0.481 e. The first-order valence-corrected chi connectivity index (χ1v) is 6.04. The Kier molecular flexibility index (Phi) is 3.87. The van der Waals surface area contributed by atoms with Crippen molar-refractivity contribution in [3.63, 3.8) is 0 Å². The van der Waals surface area contributed by atoms with Gasteiger partial charge in [0, 0.05) is 11.0 Å². The lowest BCUT2D eigenvalue weighted by Gasteiger charge is -2.20. The van der Waals surface area contributed by atoms with Crippen LogP contribution in [-0.4, -0.2) is 24.2 Å². The number of nitrogens with zero attached hydrogens (tertiary/aromatic N) is 2. The van der Waals surface area contributed by atoms with Crippen molar-refractivity contribution in [2.24, 2.45) is 5.92 Å². The van der Waals surface area contributed by atoms with Gasteiger partial charge >= 0.3 is 0 Å². The predicted octanol–water partition coefficient (Wildman–Crippen LogP) is 2.91. The van der Waals surface area contributed by atoms with E-state index in [1.807, 2.05) is 18.2 Å². The second kappa shape index (κ2) is 5.40. The van der Waals surface area contributed by atoms with Crippen LogP contribution in [-0.2, 0) is 0 Å². The van der Waals surface area contributed by atoms with Gasteiger partial charge in [-0.25, -0.2) is 0 Å². The quantitative estimate of drug-likeness (QED) is 0.844. The Morgan fingerprint density at radius 1 is 1.17 bits per heavy atom. The van der Waals surface area contributed by atoms with Crippen molar-refractivity contribution in [1.82, 2.24) is 9.97 Å². The molecule has 1 aromatic rings. The normalized spacial score (nSPS) is 22.6. The molecule has 0 aliphatic heterocycles. The van der Waals surface area contributed by atoms with Crippen LogP contribution in [0.15, 0.2) is 29.3 Å². The number of hydrogen-bond acceptors (Lipinski definition) is 4. The summed E-state index contributed by atoms with van der Waals surface area (Å²) in [6.45, 7) is 2.09. The molecule has 18 heavy (non-hydrogen) atoms. The highest BCUT2D eigenvalue weighted by Crippen LogP contribution is 2.32. The molecule has 4 nitrogen and oxygen atoms in total. The van der Waals surface area contributed by atoms with Gasteiger partial charge in [-0.3, -0.25) is 0 Å². The molecule has 0 fully saturated rings. The third-order valence-corrected chi connectivity index (χ3v) is 3.13. The summed E-state index contributed by atoms with van der Waals surface area (Å²) >= 11 is 6.03. The topological polar surface area (TPSA) is 44.2 Å². The van der Waals surface area contributed by atoms with Gasteiger partial charge in [-0.1, -0.05) is 30.7 Å². The molecule has 0 radical (unpaired) electrons. The van der Waals surface area contributed by atoms with Gasteiger partial charge in [0.05, 0.1) is 20.3 Å². The Morgan fingerprint density at radius 2 is 1.78 bits per heavy atom. The van der Waals surface area contributed by atoms with Gasteiger partial charge in [-0.2, -0.15) is 9.97 Å². The number of ether oxygens (including phenoxy) is 2. The highest BCUT2D eigenvalue weighted by atomic mass is 35.5. The summed E-state index contributed by atoms with van der Waals surface area (Å²) in [5.41, 5.74) is 0. The molecule has 96 valence electrons. The molecule has 1 aromatic heterocycles. The number of methoxy groups -OCH3 is 2. The highest BCUT2D eigenvalue weighted by molar-refractivity contribution is 6.31. The Labute approximate surface area is 111 Å². The van der Waals surface area contributed by atoms with Crippen LogP contribution in [0.25, 0.3) is 0 Å². The van der Waals surface area contributed by atoms with Crippen molar-refractivity contribution in [3.8, 4) is 11.8 Å². The van der Waals surface area contributed by atoms with Crippen molar-refractivity contribution in [2.45, 2.75) is 12.8 Å². The van der Waals surface area contributed by atoms with Crippen molar-refractivity contribution >= 4 is 11.6 Å². The third-order valence-electron chi connectivity index (χ3n) is 2.88. The van der Waals surface area contributed by atoms with E-state index in [2.05, 4.69) is 16.9 Å². The molecule has 2 unspecified atom stereocenters. The van der Waals surface area contributed by atoms with Crippen LogP contribution < -0.4 is 9.47 Å². The van der Waals surface area contributed by atoms with Gasteiger partial charge in [0.2, 0.25) is 11.8 Å². The van der Waals surface area contributed by atoms with Crippen LogP contribution >= 0.6 is 11.6 Å². The third kappa shape index (κ3) is 2.64. The zero-order valence-corrected chi connectivity index (χ0v) is 11.3. The average molecular weight is 267 g/mol. The maximum atomic E-state index is 6.03. The molecular formula is C13H15ClN2O2. The average Bonchev–Trinajstić information content (AvgIpc) is 2.40. The predicted molar refractivity (Wildman–Crippen MR) is 70.1 cm³/mol. The van der Waals surface area contributed by atoms with E-state index >= 15 is 0 Å². The summed E-state index contributed by atoms with van der Waals surface area (Å²) in [5, 5.41) is 0.698. The molecule has 0 saturated carbocycles. The van der Waals surface area contributed by atoms with Gasteiger partial charge in [0.15, 0.2) is 0 Å². The first-order chi connectivity index (χ1) is 8.63. The smallest absolute Gasteiger partial charge is 0.220 e. The second-order valence-electron chi connectivity index (χ2n) is 4.11. The fourth-order valence-corrected chi connectivity index (χ4v) is 2.04. The Hall–Kier alpha value is -1.55. The molecule has 0 saturated heterocycles. The standard InChI is InChI=1S/C13H15ClN2O2/c1-8-4-5-9(14)6-10(8)13-15-11(17-2)7-12(16-13)18-3/h4-8,10H,1-3H3. The van der Waals surface area contributed by atoms with E-state index in [4.69, 9.17) is 21.1 Å². The van der Waals surface area contributed by atoms with E-state index in [9.17, 15) is 0 Å². The van der Waals surface area contributed by atoms with Crippen LogP contribution in [0.3, 0.4) is 0 Å². The Bertz CT molecular complexity index is 478. The molecule has 1 aliphatic rings. The van der Waals surface area contributed by atoms with Gasteiger partial charge in [0.25, 0.3) is 0 Å². The number of aromatic nitrogens is 2. The maximum Gasteiger partial charge on any atom is 0.220 e. The minimum absolute atomic E-state index is 0.0338. The molecule has 0 amide bonds. The molecule has 2 rings (SSSR count). The molecule has 1 heterocycles. The first-order valence-electron chi connectivity index (χ1n) is 5.66. The molecule has 5 heteroatoms. The number of halogens is 1. The van der Waals surface area contributed by atoms with Crippen molar-refractivity contribution < 1.29 is 9.47 Å². The van der Waals surface area contributed by atoms with Crippen LogP contribution in [0.2, 0.25) is 0 Å². The van der Waals surface area contributed by atoms with Crippen LogP contribution in [0, 0.1) is 5.92 Å². The molecule has 0 spiro atoms. The zero-order chi connectivity index (χ0) is 13.1. The van der Waals surface area contributed by atoms with Crippen molar-refractivity contribution in [2.75, 3.05) is 14.2 Å². The lowest BCUT2D eigenvalue weighted by Crippen LogP contribution is -2.13. The molecular weight excluding hydrogens is 252 g/mol.